The van der Waals surface area contributed by atoms with Gasteiger partial charge in [0.15, 0.2) is 0 Å². The molecule has 0 aromatic carbocycles. The van der Waals surface area contributed by atoms with Gasteiger partial charge in [-0.15, -0.1) is 23.2 Å². The molecule has 11 heteroatoms. The summed E-state index contributed by atoms with van der Waals surface area (Å²) in [5.41, 5.74) is 5.51. The highest BCUT2D eigenvalue weighted by Gasteiger charge is 2.60. The van der Waals surface area contributed by atoms with Crippen LogP contribution in [0, 0.1) is 11.3 Å². The molecule has 7 nitrogen and oxygen atoms in total. The second-order valence-electron chi connectivity index (χ2n) is 11.4. The average Bonchev–Trinajstić information content (AvgIpc) is 3.33. The second-order valence-corrected chi connectivity index (χ2v) is 12.5. The number of halogens is 4. The summed E-state index contributed by atoms with van der Waals surface area (Å²) < 4.78 is 39.7. The molecule has 5 saturated carbocycles. The number of ether oxygens (including phenoxy) is 2. The Labute approximate surface area is 215 Å². The Morgan fingerprint density at radius 1 is 1.03 bits per heavy atom. The smallest absolute Gasteiger partial charge is 0.246 e. The van der Waals surface area contributed by atoms with Crippen molar-refractivity contribution in [2.45, 2.75) is 124 Å². The fourth-order valence-electron chi connectivity index (χ4n) is 6.90. The van der Waals surface area contributed by atoms with Crippen LogP contribution in [-0.2, 0) is 14.3 Å². The van der Waals surface area contributed by atoms with E-state index in [4.69, 9.17) is 32.7 Å². The van der Waals surface area contributed by atoms with E-state index in [1.807, 2.05) is 0 Å². The minimum Gasteiger partial charge on any atom is -0.392 e. The van der Waals surface area contributed by atoms with Gasteiger partial charge in [0.1, 0.15) is 31.4 Å². The summed E-state index contributed by atoms with van der Waals surface area (Å²) >= 11 is 12.0. The highest BCUT2D eigenvalue weighted by atomic mass is 35.5. The third-order valence-electron chi connectivity index (χ3n) is 9.21. The Kier molecular flexibility index (Phi) is 7.87. The molecule has 0 spiro atoms. The van der Waals surface area contributed by atoms with E-state index < -0.39 is 40.2 Å². The average molecular weight is 540 g/mol. The highest BCUT2D eigenvalue weighted by Crippen LogP contribution is 2.55. The predicted octanol–water partition coefficient (Wildman–Crippen LogP) is 3.20. The van der Waals surface area contributed by atoms with E-state index in [-0.39, 0.29) is 37.0 Å². The number of carbonyl (C=O) groups is 1. The van der Waals surface area contributed by atoms with Crippen LogP contribution in [-0.4, -0.2) is 70.9 Å². The third kappa shape index (κ3) is 5.33. The number of hydrogen-bond acceptors (Lipinski definition) is 6. The predicted molar refractivity (Wildman–Crippen MR) is 127 cm³/mol. The number of carbonyl (C=O) groups excluding carboxylic acids is 1. The van der Waals surface area contributed by atoms with Gasteiger partial charge in [-0.1, -0.05) is 0 Å². The zero-order chi connectivity index (χ0) is 24.8. The number of amides is 1. The Bertz CT molecular complexity index is 775. The fourth-order valence-corrected chi connectivity index (χ4v) is 7.46. The van der Waals surface area contributed by atoms with Gasteiger partial charge in [0.05, 0.1) is 23.0 Å². The number of fused-ring (bicyclic) bond motifs is 3. The molecule has 0 radical (unpaired) electrons. The van der Waals surface area contributed by atoms with E-state index in [0.29, 0.717) is 51.4 Å². The normalized spacial score (nSPS) is 50.3. The van der Waals surface area contributed by atoms with Crippen LogP contribution >= 0.6 is 23.2 Å². The van der Waals surface area contributed by atoms with E-state index in [1.165, 1.54) is 0 Å². The molecule has 9 atom stereocenters. The minimum absolute atomic E-state index is 0.0330. The summed E-state index contributed by atoms with van der Waals surface area (Å²) in [5.74, 6) is -0.182. The van der Waals surface area contributed by atoms with Crippen molar-refractivity contribution in [3.05, 3.63) is 0 Å². The largest absolute Gasteiger partial charge is 0.392 e. The van der Waals surface area contributed by atoms with Crippen LogP contribution < -0.4 is 16.2 Å². The SMILES string of the molecule is O=C(COC1CCC(F)C(Cl)C1)NC12CCC(C3NNC(C4CCC(Cl)C(F)C4)O3)(CC1)[C@@H](O)C2. The van der Waals surface area contributed by atoms with Crippen LogP contribution in [0.2, 0.25) is 0 Å². The van der Waals surface area contributed by atoms with Crippen LogP contribution in [0.15, 0.2) is 0 Å². The molecule has 6 fully saturated rings. The third-order valence-corrected chi connectivity index (χ3v) is 10.2. The van der Waals surface area contributed by atoms with Gasteiger partial charge in [0.2, 0.25) is 5.91 Å². The maximum Gasteiger partial charge on any atom is 0.246 e. The number of alkyl halides is 4. The van der Waals surface area contributed by atoms with E-state index >= 15 is 0 Å². The van der Waals surface area contributed by atoms with Crippen LogP contribution in [0.25, 0.3) is 0 Å². The van der Waals surface area contributed by atoms with Gasteiger partial charge in [-0.25, -0.2) is 19.6 Å². The van der Waals surface area contributed by atoms with Crippen molar-refractivity contribution >= 4 is 29.1 Å². The first-order valence-electron chi connectivity index (χ1n) is 13.0. The summed E-state index contributed by atoms with van der Waals surface area (Å²) in [5, 5.41) is 13.3. The van der Waals surface area contributed by atoms with E-state index in [1.54, 1.807) is 0 Å². The summed E-state index contributed by atoms with van der Waals surface area (Å²) in [6.45, 7) is -0.0901. The zero-order valence-corrected chi connectivity index (χ0v) is 21.4. The number of hydrogen-bond donors (Lipinski definition) is 4. The molecular weight excluding hydrogens is 503 g/mol. The Hall–Kier alpha value is -0.290. The quantitative estimate of drug-likeness (QED) is 0.387. The molecule has 2 bridgehead atoms. The summed E-state index contributed by atoms with van der Waals surface area (Å²) in [6.07, 6.45) is 2.88. The van der Waals surface area contributed by atoms with Crippen molar-refractivity contribution < 1.29 is 28.2 Å². The fraction of sp³-hybridized carbons (Fsp3) is 0.958. The van der Waals surface area contributed by atoms with Gasteiger partial charge >= 0.3 is 0 Å². The van der Waals surface area contributed by atoms with E-state index in [0.717, 1.165) is 19.3 Å². The van der Waals surface area contributed by atoms with E-state index in [9.17, 15) is 18.7 Å². The topological polar surface area (TPSA) is 91.9 Å². The lowest BCUT2D eigenvalue weighted by atomic mass is 9.55. The lowest BCUT2D eigenvalue weighted by molar-refractivity contribution is -0.178. The standard InChI is InChI=1S/C24H37Cl2F2N3O4/c25-15-3-1-13(9-18(15)28)21-30-31-22(35-21)24-7-5-23(6-8-24,11-19(24)32)29-20(33)12-34-14-2-4-17(27)16(26)10-14/h13-19,21-22,30-32H,1-12H2,(H,29,33)/t13?,14?,15?,16?,17?,18?,19-,21?,22?,23?,24?/m0/s1. The molecule has 200 valence electrons. The number of hydrazine groups is 1. The van der Waals surface area contributed by atoms with Gasteiger partial charge in [-0.2, -0.15) is 0 Å². The van der Waals surface area contributed by atoms with Crippen molar-refractivity contribution in [2.24, 2.45) is 11.3 Å². The molecule has 6 rings (SSSR count). The second kappa shape index (κ2) is 10.5. The van der Waals surface area contributed by atoms with Gasteiger partial charge in [-0.05, 0) is 70.6 Å². The highest BCUT2D eigenvalue weighted by molar-refractivity contribution is 6.21. The Balaban J connectivity index is 1.12. The number of rotatable bonds is 6. The number of aliphatic hydroxyl groups is 1. The Morgan fingerprint density at radius 2 is 1.80 bits per heavy atom. The molecule has 1 saturated heterocycles. The van der Waals surface area contributed by atoms with Crippen molar-refractivity contribution in [1.29, 1.82) is 0 Å². The Morgan fingerprint density at radius 3 is 2.49 bits per heavy atom. The van der Waals surface area contributed by atoms with Crippen LogP contribution in [0.5, 0.6) is 0 Å². The summed E-state index contributed by atoms with van der Waals surface area (Å²) in [4.78, 5) is 12.7. The van der Waals surface area contributed by atoms with Gasteiger partial charge in [0, 0.05) is 16.9 Å². The van der Waals surface area contributed by atoms with Gasteiger partial charge < -0.3 is 19.9 Å². The zero-order valence-electron chi connectivity index (χ0n) is 19.9. The molecule has 6 aliphatic rings. The van der Waals surface area contributed by atoms with Crippen LogP contribution in [0.1, 0.15) is 70.6 Å². The van der Waals surface area contributed by atoms with E-state index in [2.05, 4.69) is 16.2 Å². The first kappa shape index (κ1) is 26.3. The molecule has 4 N–H and O–H groups in total. The molecule has 35 heavy (non-hydrogen) atoms. The monoisotopic (exact) mass is 539 g/mol. The number of nitrogens with one attached hydrogen (secondary N) is 3. The lowest BCUT2D eigenvalue weighted by Crippen LogP contribution is -2.66. The lowest BCUT2D eigenvalue weighted by Gasteiger charge is -2.57. The molecule has 5 aliphatic carbocycles. The molecular formula is C24H37Cl2F2N3O4. The molecule has 0 aromatic heterocycles. The number of aliphatic hydroxyl groups excluding tert-OH is 1. The first-order chi connectivity index (χ1) is 16.7. The molecule has 0 aromatic rings. The van der Waals surface area contributed by atoms with Gasteiger partial charge in [0.25, 0.3) is 0 Å². The van der Waals surface area contributed by atoms with Gasteiger partial charge in [-0.3, -0.25) is 4.79 Å². The molecule has 8 unspecified atom stereocenters. The van der Waals surface area contributed by atoms with Crippen LogP contribution in [0.4, 0.5) is 8.78 Å². The molecule has 1 heterocycles. The molecule has 1 amide bonds. The minimum atomic E-state index is -1.03. The first-order valence-corrected chi connectivity index (χ1v) is 13.9. The molecule has 1 aliphatic heterocycles. The summed E-state index contributed by atoms with van der Waals surface area (Å²) in [7, 11) is 0. The van der Waals surface area contributed by atoms with Crippen LogP contribution in [0.3, 0.4) is 0 Å². The van der Waals surface area contributed by atoms with Crippen molar-refractivity contribution in [1.82, 2.24) is 16.2 Å². The van der Waals surface area contributed by atoms with Crippen molar-refractivity contribution in [2.75, 3.05) is 6.61 Å². The maximum atomic E-state index is 14.1. The van der Waals surface area contributed by atoms with Crippen molar-refractivity contribution in [3.63, 3.8) is 0 Å². The summed E-state index contributed by atoms with van der Waals surface area (Å²) in [6, 6.07) is 0. The maximum absolute atomic E-state index is 14.1. The van der Waals surface area contributed by atoms with Crippen molar-refractivity contribution in [3.8, 4) is 0 Å².